The Balaban J connectivity index is 1.61. The van der Waals surface area contributed by atoms with Crippen molar-refractivity contribution < 1.29 is 9.67 Å². The van der Waals surface area contributed by atoms with Gasteiger partial charge >= 0.3 is 0 Å². The summed E-state index contributed by atoms with van der Waals surface area (Å²) in [6, 6.07) is 9.17. The summed E-state index contributed by atoms with van der Waals surface area (Å²) < 4.78 is 14.1. The molecule has 136 valence electrons. The predicted octanol–water partition coefficient (Wildman–Crippen LogP) is 3.72. The summed E-state index contributed by atoms with van der Waals surface area (Å²) in [7, 11) is -2.03. The molecule has 0 radical (unpaired) electrons. The molecule has 0 spiro atoms. The van der Waals surface area contributed by atoms with Crippen molar-refractivity contribution in [1.82, 2.24) is 14.8 Å². The monoisotopic (exact) mass is 370 g/mol. The molecule has 3 heterocycles. The number of hydrogen-bond acceptors (Lipinski definition) is 5. The van der Waals surface area contributed by atoms with Gasteiger partial charge in [0.2, 0.25) is 0 Å². The molecule has 0 bridgehead atoms. The van der Waals surface area contributed by atoms with Crippen LogP contribution in [0.5, 0.6) is 5.75 Å². The van der Waals surface area contributed by atoms with Crippen molar-refractivity contribution in [1.29, 1.82) is 0 Å². The summed E-state index contributed by atoms with van der Waals surface area (Å²) in [4.78, 5) is 6.77. The van der Waals surface area contributed by atoms with Gasteiger partial charge in [-0.2, -0.15) is 5.10 Å². The fourth-order valence-electron chi connectivity index (χ4n) is 3.64. The molecule has 2 aromatic heterocycles. The molecule has 3 aromatic rings. The van der Waals surface area contributed by atoms with Crippen molar-refractivity contribution in [3.8, 4) is 11.4 Å². The number of fused-ring (bicyclic) bond motifs is 1. The molecule has 1 saturated heterocycles. The lowest BCUT2D eigenvalue weighted by atomic mass is 10.1. The minimum Gasteiger partial charge on any atom is -0.508 e. The number of nitrogens with zero attached hydrogens (tertiary/aromatic N) is 4. The van der Waals surface area contributed by atoms with E-state index in [9.17, 15) is 9.67 Å². The summed E-state index contributed by atoms with van der Waals surface area (Å²) in [5, 5.41) is 15.2. The van der Waals surface area contributed by atoms with Crippen molar-refractivity contribution in [2.24, 2.45) is 0 Å². The zero-order chi connectivity index (χ0) is 18.3. The van der Waals surface area contributed by atoms with E-state index in [1.165, 1.54) is 0 Å². The molecule has 1 fully saturated rings. The van der Waals surface area contributed by atoms with Crippen molar-refractivity contribution in [2.45, 2.75) is 18.5 Å². The van der Waals surface area contributed by atoms with Gasteiger partial charge in [0.1, 0.15) is 11.6 Å². The van der Waals surface area contributed by atoms with Gasteiger partial charge in [-0.3, -0.25) is 0 Å². The zero-order valence-electron chi connectivity index (χ0n) is 15.0. The number of rotatable bonds is 3. The SMILES string of the molecule is CP(C)(=O)C1CCN(c2cc(-n3ncc4ccc(O)cc43)ccn2)CC1. The van der Waals surface area contributed by atoms with Gasteiger partial charge in [0.15, 0.2) is 0 Å². The minimum atomic E-state index is -2.03. The van der Waals surface area contributed by atoms with Crippen LogP contribution in [0.2, 0.25) is 0 Å². The molecule has 26 heavy (non-hydrogen) atoms. The Morgan fingerprint density at radius 1 is 1.15 bits per heavy atom. The van der Waals surface area contributed by atoms with Gasteiger partial charge in [-0.05, 0) is 44.4 Å². The fourth-order valence-corrected chi connectivity index (χ4v) is 5.12. The molecule has 1 aliphatic heterocycles. The summed E-state index contributed by atoms with van der Waals surface area (Å²) in [6.45, 7) is 5.52. The third-order valence-corrected chi connectivity index (χ3v) is 7.47. The number of pyridine rings is 1. The quantitative estimate of drug-likeness (QED) is 0.712. The third-order valence-electron chi connectivity index (χ3n) is 5.20. The molecular formula is C19H23N4O2P. The Morgan fingerprint density at radius 2 is 1.92 bits per heavy atom. The highest BCUT2D eigenvalue weighted by Crippen LogP contribution is 2.47. The maximum absolute atomic E-state index is 12.3. The average Bonchev–Trinajstić information content (AvgIpc) is 3.04. The number of phenolic OH excluding ortho intramolecular Hbond substituents is 1. The van der Waals surface area contributed by atoms with Crippen LogP contribution in [0.25, 0.3) is 16.6 Å². The van der Waals surface area contributed by atoms with E-state index in [2.05, 4.69) is 15.0 Å². The zero-order valence-corrected chi connectivity index (χ0v) is 15.9. The minimum absolute atomic E-state index is 0.221. The standard InChI is InChI=1S/C19H23N4O2P/c1-26(2,25)17-6-9-22(10-7-17)19-11-15(5-8-20-19)23-18-12-16(24)4-3-14(18)13-21-23/h3-5,8,11-13,17,24H,6-7,9-10H2,1-2H3. The van der Waals surface area contributed by atoms with Crippen LogP contribution in [0, 0.1) is 0 Å². The van der Waals surface area contributed by atoms with Gasteiger partial charge in [0.25, 0.3) is 0 Å². The first-order chi connectivity index (χ1) is 12.4. The molecule has 0 aliphatic carbocycles. The number of piperidine rings is 1. The lowest BCUT2D eigenvalue weighted by Gasteiger charge is -2.34. The molecule has 4 rings (SSSR count). The Kier molecular flexibility index (Phi) is 4.23. The second-order valence-corrected chi connectivity index (χ2v) is 10.9. The second-order valence-electron chi connectivity index (χ2n) is 7.32. The first-order valence-corrected chi connectivity index (χ1v) is 11.5. The highest BCUT2D eigenvalue weighted by Gasteiger charge is 2.28. The second kappa shape index (κ2) is 6.44. The first-order valence-electron chi connectivity index (χ1n) is 8.84. The molecular weight excluding hydrogens is 347 g/mol. The normalized spacial score (nSPS) is 16.3. The largest absolute Gasteiger partial charge is 0.508 e. The fraction of sp³-hybridized carbons (Fsp3) is 0.368. The highest BCUT2D eigenvalue weighted by atomic mass is 31.2. The smallest absolute Gasteiger partial charge is 0.130 e. The van der Waals surface area contributed by atoms with Crippen LogP contribution in [0.4, 0.5) is 5.82 Å². The van der Waals surface area contributed by atoms with E-state index in [0.29, 0.717) is 5.66 Å². The van der Waals surface area contributed by atoms with Crippen molar-refractivity contribution >= 4 is 23.9 Å². The van der Waals surface area contributed by atoms with Gasteiger partial charge in [-0.15, -0.1) is 0 Å². The van der Waals surface area contributed by atoms with Crippen LogP contribution in [-0.4, -0.2) is 51.9 Å². The number of phenols is 1. The van der Waals surface area contributed by atoms with E-state index in [1.54, 1.807) is 24.5 Å². The van der Waals surface area contributed by atoms with E-state index in [0.717, 1.165) is 48.3 Å². The molecule has 0 amide bonds. The van der Waals surface area contributed by atoms with Crippen molar-refractivity contribution in [3.05, 3.63) is 42.7 Å². The molecule has 1 aromatic carbocycles. The lowest BCUT2D eigenvalue weighted by molar-refractivity contribution is 0.476. The van der Waals surface area contributed by atoms with Gasteiger partial charge in [0.05, 0.1) is 24.5 Å². The Bertz CT molecular complexity index is 986. The Morgan fingerprint density at radius 3 is 2.65 bits per heavy atom. The average molecular weight is 370 g/mol. The van der Waals surface area contributed by atoms with Crippen LogP contribution < -0.4 is 4.90 Å². The third kappa shape index (κ3) is 3.21. The lowest BCUT2D eigenvalue weighted by Crippen LogP contribution is -2.36. The van der Waals surface area contributed by atoms with Crippen LogP contribution in [-0.2, 0) is 4.57 Å². The van der Waals surface area contributed by atoms with E-state index in [1.807, 2.05) is 36.2 Å². The Hall–Kier alpha value is -2.33. The van der Waals surface area contributed by atoms with Gasteiger partial charge in [-0.25, -0.2) is 9.67 Å². The van der Waals surface area contributed by atoms with E-state index < -0.39 is 7.14 Å². The number of hydrogen-bond donors (Lipinski definition) is 1. The Labute approximate surface area is 152 Å². The molecule has 0 saturated carbocycles. The number of aromatic hydroxyl groups is 1. The molecule has 1 aliphatic rings. The number of benzene rings is 1. The topological polar surface area (TPSA) is 71.2 Å². The van der Waals surface area contributed by atoms with Crippen LogP contribution >= 0.6 is 7.14 Å². The predicted molar refractivity (Wildman–Crippen MR) is 105 cm³/mol. The van der Waals surface area contributed by atoms with Gasteiger partial charge < -0.3 is 14.6 Å². The van der Waals surface area contributed by atoms with Crippen LogP contribution in [0.1, 0.15) is 12.8 Å². The van der Waals surface area contributed by atoms with E-state index >= 15 is 0 Å². The molecule has 6 nitrogen and oxygen atoms in total. The maximum Gasteiger partial charge on any atom is 0.130 e. The summed E-state index contributed by atoms with van der Waals surface area (Å²) in [6.07, 6.45) is 5.46. The van der Waals surface area contributed by atoms with Gasteiger partial charge in [-0.1, -0.05) is 0 Å². The van der Waals surface area contributed by atoms with Crippen LogP contribution in [0.15, 0.2) is 42.7 Å². The number of aromatic nitrogens is 3. The summed E-state index contributed by atoms with van der Waals surface area (Å²) >= 11 is 0. The van der Waals surface area contributed by atoms with Crippen LogP contribution in [0.3, 0.4) is 0 Å². The van der Waals surface area contributed by atoms with E-state index in [-0.39, 0.29) is 5.75 Å². The van der Waals surface area contributed by atoms with Crippen molar-refractivity contribution in [3.63, 3.8) is 0 Å². The number of anilines is 1. The van der Waals surface area contributed by atoms with Gasteiger partial charge in [0, 0.05) is 42.5 Å². The molecule has 0 atom stereocenters. The summed E-state index contributed by atoms with van der Waals surface area (Å²) in [5.41, 5.74) is 2.09. The van der Waals surface area contributed by atoms with Crippen molar-refractivity contribution in [2.75, 3.05) is 31.3 Å². The highest BCUT2D eigenvalue weighted by molar-refractivity contribution is 7.63. The first kappa shape index (κ1) is 17.1. The molecule has 0 unspecified atom stereocenters. The maximum atomic E-state index is 12.3. The molecule has 1 N–H and O–H groups in total. The molecule has 7 heteroatoms. The van der Waals surface area contributed by atoms with E-state index in [4.69, 9.17) is 0 Å². The summed E-state index contributed by atoms with van der Waals surface area (Å²) in [5.74, 6) is 1.13.